The van der Waals surface area contributed by atoms with Crippen LogP contribution in [0, 0.1) is 0 Å². The third-order valence-corrected chi connectivity index (χ3v) is 5.54. The number of ether oxygens (including phenoxy) is 1. The number of methoxy groups -OCH3 is 1. The molecule has 0 radical (unpaired) electrons. The average molecular weight is 416 g/mol. The summed E-state index contributed by atoms with van der Waals surface area (Å²) >= 11 is 6.56. The average Bonchev–Trinajstić information content (AvgIpc) is 2.75. The fourth-order valence-corrected chi connectivity index (χ4v) is 3.66. The molecule has 0 aromatic heterocycles. The van der Waals surface area contributed by atoms with Gasteiger partial charge in [-0.25, -0.2) is 0 Å². The molecular weight excluding hydrogens is 386 g/mol. The topological polar surface area (TPSA) is 52.1 Å². The van der Waals surface area contributed by atoms with Gasteiger partial charge in [-0.2, -0.15) is 0 Å². The predicted octanol–water partition coefficient (Wildman–Crippen LogP) is 2.97. The van der Waals surface area contributed by atoms with Crippen molar-refractivity contribution in [2.45, 2.75) is 13.1 Å². The number of benzene rings is 2. The first kappa shape index (κ1) is 21.3. The summed E-state index contributed by atoms with van der Waals surface area (Å²) in [5.41, 5.74) is 3.42. The van der Waals surface area contributed by atoms with Gasteiger partial charge in [0.2, 0.25) is 0 Å². The van der Waals surface area contributed by atoms with E-state index in [9.17, 15) is 0 Å². The smallest absolute Gasteiger partial charge is 0.191 e. The summed E-state index contributed by atoms with van der Waals surface area (Å²) in [6.07, 6.45) is 0. The van der Waals surface area contributed by atoms with Crippen LogP contribution in [0.2, 0.25) is 5.02 Å². The highest BCUT2D eigenvalue weighted by Gasteiger charge is 2.18. The largest absolute Gasteiger partial charge is 0.497 e. The van der Waals surface area contributed by atoms with Gasteiger partial charge in [0, 0.05) is 62.6 Å². The van der Waals surface area contributed by atoms with Crippen LogP contribution in [-0.4, -0.2) is 58.2 Å². The molecule has 7 heteroatoms. The summed E-state index contributed by atoms with van der Waals surface area (Å²) < 4.78 is 5.29. The van der Waals surface area contributed by atoms with E-state index >= 15 is 0 Å². The monoisotopic (exact) mass is 415 g/mol. The molecule has 29 heavy (non-hydrogen) atoms. The number of hydrogen-bond donors (Lipinski definition) is 2. The highest BCUT2D eigenvalue weighted by atomic mass is 35.5. The van der Waals surface area contributed by atoms with Gasteiger partial charge in [-0.15, -0.1) is 0 Å². The lowest BCUT2D eigenvalue weighted by Gasteiger charge is -2.35. The van der Waals surface area contributed by atoms with Gasteiger partial charge in [0.25, 0.3) is 0 Å². The van der Waals surface area contributed by atoms with Crippen molar-refractivity contribution in [1.82, 2.24) is 15.5 Å². The molecule has 1 heterocycles. The van der Waals surface area contributed by atoms with Crippen LogP contribution in [0.5, 0.6) is 5.75 Å². The summed E-state index contributed by atoms with van der Waals surface area (Å²) in [6, 6.07) is 14.1. The Hall–Kier alpha value is -2.44. The Morgan fingerprint density at radius 3 is 2.52 bits per heavy atom. The van der Waals surface area contributed by atoms with Gasteiger partial charge in [-0.05, 0) is 36.9 Å². The molecule has 6 nitrogen and oxygen atoms in total. The molecule has 0 atom stereocenters. The summed E-state index contributed by atoms with van der Waals surface area (Å²) in [5, 5.41) is 7.53. The molecule has 0 amide bonds. The molecule has 2 N–H and O–H groups in total. The van der Waals surface area contributed by atoms with E-state index in [4.69, 9.17) is 16.3 Å². The molecule has 1 aliphatic heterocycles. The van der Waals surface area contributed by atoms with E-state index in [2.05, 4.69) is 44.6 Å². The van der Waals surface area contributed by atoms with Crippen LogP contribution in [-0.2, 0) is 13.1 Å². The van der Waals surface area contributed by atoms with E-state index in [-0.39, 0.29) is 0 Å². The van der Waals surface area contributed by atoms with Crippen molar-refractivity contribution in [2.75, 3.05) is 52.3 Å². The van der Waals surface area contributed by atoms with E-state index < -0.39 is 0 Å². The molecule has 0 aliphatic carbocycles. The zero-order valence-electron chi connectivity index (χ0n) is 17.4. The minimum atomic E-state index is 0.610. The number of piperazine rings is 1. The number of halogens is 1. The quantitative estimate of drug-likeness (QED) is 0.561. The number of guanidine groups is 1. The van der Waals surface area contributed by atoms with Gasteiger partial charge >= 0.3 is 0 Å². The fraction of sp³-hybridized carbons (Fsp3) is 0.409. The molecule has 1 fully saturated rings. The van der Waals surface area contributed by atoms with E-state index in [0.717, 1.165) is 54.0 Å². The zero-order valence-corrected chi connectivity index (χ0v) is 18.2. The normalized spacial score (nSPS) is 15.3. The van der Waals surface area contributed by atoms with Gasteiger partial charge in [-0.1, -0.05) is 29.8 Å². The minimum Gasteiger partial charge on any atom is -0.497 e. The highest BCUT2D eigenvalue weighted by molar-refractivity contribution is 6.31. The zero-order chi connectivity index (χ0) is 20.6. The summed E-state index contributed by atoms with van der Waals surface area (Å²) in [7, 11) is 5.61. The number of nitrogens with zero attached hydrogens (tertiary/aromatic N) is 3. The van der Waals surface area contributed by atoms with Crippen molar-refractivity contribution in [3.8, 4) is 5.75 Å². The third-order valence-electron chi connectivity index (χ3n) is 5.19. The van der Waals surface area contributed by atoms with Crippen LogP contribution >= 0.6 is 11.6 Å². The Morgan fingerprint density at radius 2 is 1.79 bits per heavy atom. The number of rotatable bonds is 6. The second-order valence-electron chi connectivity index (χ2n) is 7.16. The Morgan fingerprint density at radius 1 is 1.07 bits per heavy atom. The number of aliphatic imine (C=N–C) groups is 1. The first-order valence-electron chi connectivity index (χ1n) is 9.89. The molecule has 0 unspecified atom stereocenters. The van der Waals surface area contributed by atoms with Crippen LogP contribution in [0.15, 0.2) is 47.5 Å². The van der Waals surface area contributed by atoms with Crippen LogP contribution in [0.4, 0.5) is 5.69 Å². The minimum absolute atomic E-state index is 0.610. The first-order valence-corrected chi connectivity index (χ1v) is 10.3. The molecule has 1 aliphatic rings. The van der Waals surface area contributed by atoms with Crippen LogP contribution in [0.1, 0.15) is 11.1 Å². The highest BCUT2D eigenvalue weighted by Crippen LogP contribution is 2.28. The Kier molecular flexibility index (Phi) is 7.61. The molecule has 1 saturated heterocycles. The predicted molar refractivity (Wildman–Crippen MR) is 121 cm³/mol. The Labute approximate surface area is 178 Å². The van der Waals surface area contributed by atoms with Crippen molar-refractivity contribution in [3.63, 3.8) is 0 Å². The molecular formula is C22H30ClN5O. The lowest BCUT2D eigenvalue weighted by atomic mass is 10.1. The van der Waals surface area contributed by atoms with Gasteiger partial charge in [0.15, 0.2) is 5.96 Å². The summed E-state index contributed by atoms with van der Waals surface area (Å²) in [6.45, 7) is 5.40. The Balaban J connectivity index is 1.63. The second kappa shape index (κ2) is 10.4. The fourth-order valence-electron chi connectivity index (χ4n) is 3.43. The molecule has 0 saturated carbocycles. The Bertz CT molecular complexity index is 834. The maximum absolute atomic E-state index is 6.56. The van der Waals surface area contributed by atoms with Crippen LogP contribution in [0.3, 0.4) is 0 Å². The second-order valence-corrected chi connectivity index (χ2v) is 7.57. The molecule has 3 rings (SSSR count). The van der Waals surface area contributed by atoms with Crippen molar-refractivity contribution in [3.05, 3.63) is 58.6 Å². The van der Waals surface area contributed by atoms with E-state index in [0.29, 0.717) is 13.1 Å². The first-order chi connectivity index (χ1) is 14.1. The number of likely N-dealkylation sites (N-methyl/N-ethyl adjacent to an activating group) is 1. The van der Waals surface area contributed by atoms with Gasteiger partial charge in [-0.3, -0.25) is 4.99 Å². The lowest BCUT2D eigenvalue weighted by molar-refractivity contribution is 0.312. The van der Waals surface area contributed by atoms with Gasteiger partial charge in [0.05, 0.1) is 7.11 Å². The summed E-state index contributed by atoms with van der Waals surface area (Å²) in [4.78, 5) is 9.10. The SMILES string of the molecule is CN=C(NCc1cccc(OC)c1)NCc1c(Cl)cccc1N1CCN(C)CC1. The van der Waals surface area contributed by atoms with Crippen LogP contribution in [0.25, 0.3) is 0 Å². The van der Waals surface area contributed by atoms with Crippen molar-refractivity contribution in [2.24, 2.45) is 4.99 Å². The van der Waals surface area contributed by atoms with E-state index in [1.165, 1.54) is 5.69 Å². The maximum atomic E-state index is 6.56. The molecule has 156 valence electrons. The molecule has 2 aromatic carbocycles. The number of nitrogens with one attached hydrogen (secondary N) is 2. The number of anilines is 1. The van der Waals surface area contributed by atoms with Crippen molar-refractivity contribution in [1.29, 1.82) is 0 Å². The lowest BCUT2D eigenvalue weighted by Crippen LogP contribution is -2.45. The van der Waals surface area contributed by atoms with E-state index in [1.54, 1.807) is 14.2 Å². The van der Waals surface area contributed by atoms with Crippen molar-refractivity contribution >= 4 is 23.2 Å². The molecule has 0 bridgehead atoms. The van der Waals surface area contributed by atoms with Gasteiger partial charge < -0.3 is 25.2 Å². The standard InChI is InChI=1S/C22H30ClN5O/c1-24-22(25-15-17-6-4-7-18(14-17)29-3)26-16-19-20(23)8-5-9-21(19)28-12-10-27(2)11-13-28/h4-9,14H,10-13,15-16H2,1-3H3,(H2,24,25,26). The van der Waals surface area contributed by atoms with Crippen molar-refractivity contribution < 1.29 is 4.74 Å². The third kappa shape index (κ3) is 5.78. The van der Waals surface area contributed by atoms with Gasteiger partial charge in [0.1, 0.15) is 5.75 Å². The summed E-state index contributed by atoms with van der Waals surface area (Å²) in [5.74, 6) is 1.58. The molecule has 2 aromatic rings. The molecule has 0 spiro atoms. The van der Waals surface area contributed by atoms with E-state index in [1.807, 2.05) is 30.3 Å². The van der Waals surface area contributed by atoms with Crippen LogP contribution < -0.4 is 20.3 Å². The maximum Gasteiger partial charge on any atom is 0.191 e. The number of hydrogen-bond acceptors (Lipinski definition) is 4.